The highest BCUT2D eigenvalue weighted by molar-refractivity contribution is 6.30. The van der Waals surface area contributed by atoms with Gasteiger partial charge in [0.25, 0.3) is 5.91 Å². The van der Waals surface area contributed by atoms with Gasteiger partial charge in [0.2, 0.25) is 0 Å². The molecule has 0 spiro atoms. The summed E-state index contributed by atoms with van der Waals surface area (Å²) in [5, 5.41) is 1.74. The number of hydrogen-bond donors (Lipinski definition) is 0. The molecule has 0 aliphatic rings. The van der Waals surface area contributed by atoms with E-state index in [1.54, 1.807) is 18.3 Å². The molecule has 1 aromatic rings. The maximum atomic E-state index is 11.9. The molecule has 1 rings (SSSR count). The molecular formula is C12H17ClN2O2. The molecular weight excluding hydrogens is 240 g/mol. The van der Waals surface area contributed by atoms with Gasteiger partial charge in [-0.25, -0.2) is 10.0 Å². The average Bonchev–Trinajstić information content (AvgIpc) is 2.33. The fourth-order valence-electron chi connectivity index (χ4n) is 1.42. The van der Waals surface area contributed by atoms with Crippen LogP contribution in [0.4, 0.5) is 0 Å². The van der Waals surface area contributed by atoms with Gasteiger partial charge in [0.15, 0.2) is 0 Å². The van der Waals surface area contributed by atoms with Gasteiger partial charge in [-0.2, -0.15) is 0 Å². The van der Waals surface area contributed by atoms with Crippen LogP contribution >= 0.6 is 11.6 Å². The second-order valence-corrected chi connectivity index (χ2v) is 4.02. The van der Waals surface area contributed by atoms with E-state index in [1.165, 1.54) is 12.2 Å². The molecule has 0 fully saturated rings. The zero-order valence-corrected chi connectivity index (χ0v) is 10.9. The Morgan fingerprint density at radius 3 is 2.94 bits per heavy atom. The summed E-state index contributed by atoms with van der Waals surface area (Å²) in [6.07, 6.45) is 3.74. The second-order valence-electron chi connectivity index (χ2n) is 3.66. The Bertz CT molecular complexity index is 371. The third-order valence-electron chi connectivity index (χ3n) is 2.39. The molecule has 17 heavy (non-hydrogen) atoms. The van der Waals surface area contributed by atoms with Gasteiger partial charge >= 0.3 is 0 Å². The minimum absolute atomic E-state index is 0.101. The number of carbonyl (C=O) groups excluding carboxylic acids is 1. The molecule has 0 aliphatic carbocycles. The third-order valence-corrected chi connectivity index (χ3v) is 2.73. The Morgan fingerprint density at radius 2 is 2.35 bits per heavy atom. The van der Waals surface area contributed by atoms with Crippen molar-refractivity contribution < 1.29 is 9.63 Å². The molecule has 1 heterocycles. The maximum absolute atomic E-state index is 11.9. The van der Waals surface area contributed by atoms with E-state index in [2.05, 4.69) is 11.9 Å². The summed E-state index contributed by atoms with van der Waals surface area (Å²) in [5.74, 6) is -0.101. The number of nitrogens with zero attached hydrogens (tertiary/aromatic N) is 2. The van der Waals surface area contributed by atoms with Crippen molar-refractivity contribution in [1.29, 1.82) is 0 Å². The Morgan fingerprint density at radius 1 is 1.59 bits per heavy atom. The number of carbonyl (C=O) groups is 1. The number of amides is 1. The summed E-state index contributed by atoms with van der Waals surface area (Å²) in [6.45, 7) is 2.67. The molecule has 0 bridgehead atoms. The predicted octanol–water partition coefficient (Wildman–Crippen LogP) is 2.47. The van der Waals surface area contributed by atoms with Gasteiger partial charge in [0, 0.05) is 12.7 Å². The van der Waals surface area contributed by atoms with Gasteiger partial charge in [-0.05, 0) is 18.1 Å². The quantitative estimate of drug-likeness (QED) is 0.580. The fourth-order valence-corrected chi connectivity index (χ4v) is 1.61. The van der Waals surface area contributed by atoms with Crippen LogP contribution in [0.25, 0.3) is 0 Å². The van der Waals surface area contributed by atoms with Crippen LogP contribution in [0, 0.1) is 0 Å². The van der Waals surface area contributed by atoms with Crippen molar-refractivity contribution in [3.8, 4) is 0 Å². The van der Waals surface area contributed by atoms with Crippen LogP contribution in [0.1, 0.15) is 25.3 Å². The number of halogens is 1. The van der Waals surface area contributed by atoms with Crippen molar-refractivity contribution in [2.45, 2.75) is 26.2 Å². The smallest absolute Gasteiger partial charge is 0.250 e. The van der Waals surface area contributed by atoms with Gasteiger partial charge in [0.1, 0.15) is 5.15 Å². The van der Waals surface area contributed by atoms with Gasteiger partial charge in [-0.1, -0.05) is 31.0 Å². The molecule has 0 saturated carbocycles. The van der Waals surface area contributed by atoms with Crippen molar-refractivity contribution in [3.05, 3.63) is 29.0 Å². The first-order valence-corrected chi connectivity index (χ1v) is 6.00. The van der Waals surface area contributed by atoms with E-state index in [0.29, 0.717) is 11.7 Å². The first-order chi connectivity index (χ1) is 8.19. The number of pyridine rings is 1. The van der Waals surface area contributed by atoms with Crippen molar-refractivity contribution >= 4 is 17.5 Å². The monoisotopic (exact) mass is 256 g/mol. The Kier molecular flexibility index (Phi) is 5.94. The van der Waals surface area contributed by atoms with Crippen LogP contribution in [-0.2, 0) is 16.1 Å². The van der Waals surface area contributed by atoms with Crippen LogP contribution in [0.3, 0.4) is 0 Å². The highest BCUT2D eigenvalue weighted by atomic mass is 35.5. The molecule has 94 valence electrons. The number of hydroxylamine groups is 2. The first-order valence-electron chi connectivity index (χ1n) is 5.63. The maximum Gasteiger partial charge on any atom is 0.250 e. The van der Waals surface area contributed by atoms with E-state index in [1.807, 2.05) is 0 Å². The van der Waals surface area contributed by atoms with E-state index >= 15 is 0 Å². The Hall–Kier alpha value is -1.13. The summed E-state index contributed by atoms with van der Waals surface area (Å²) in [7, 11) is 1.50. The zero-order chi connectivity index (χ0) is 12.7. The fraction of sp³-hybridized carbons (Fsp3) is 0.500. The molecule has 4 nitrogen and oxygen atoms in total. The zero-order valence-electron chi connectivity index (χ0n) is 10.1. The van der Waals surface area contributed by atoms with E-state index in [9.17, 15) is 4.79 Å². The van der Waals surface area contributed by atoms with Gasteiger partial charge in [-0.3, -0.25) is 9.63 Å². The minimum Gasteiger partial charge on any atom is -0.274 e. The number of rotatable bonds is 6. The average molecular weight is 257 g/mol. The first kappa shape index (κ1) is 13.9. The molecule has 0 unspecified atom stereocenters. The van der Waals surface area contributed by atoms with E-state index in [-0.39, 0.29) is 12.3 Å². The van der Waals surface area contributed by atoms with E-state index < -0.39 is 0 Å². The molecule has 0 atom stereocenters. The molecule has 1 aromatic heterocycles. The van der Waals surface area contributed by atoms with Crippen molar-refractivity contribution in [3.63, 3.8) is 0 Å². The lowest BCUT2D eigenvalue weighted by Gasteiger charge is -2.19. The molecule has 5 heteroatoms. The summed E-state index contributed by atoms with van der Waals surface area (Å²) in [5.41, 5.74) is 0.720. The SMILES string of the molecule is CCCCN(OC)C(=O)Cc1cccnc1Cl. The van der Waals surface area contributed by atoms with Crippen LogP contribution in [0.5, 0.6) is 0 Å². The van der Waals surface area contributed by atoms with Crippen LogP contribution in [-0.4, -0.2) is 29.6 Å². The number of hydrogen-bond acceptors (Lipinski definition) is 3. The third kappa shape index (κ3) is 4.32. The molecule has 0 aliphatic heterocycles. The second kappa shape index (κ2) is 7.25. The molecule has 0 saturated heterocycles. The highest BCUT2D eigenvalue weighted by Crippen LogP contribution is 2.13. The topological polar surface area (TPSA) is 42.4 Å². The summed E-state index contributed by atoms with van der Waals surface area (Å²) in [6, 6.07) is 3.55. The Labute approximate surface area is 106 Å². The summed E-state index contributed by atoms with van der Waals surface area (Å²) in [4.78, 5) is 20.9. The standard InChI is InChI=1S/C12H17ClN2O2/c1-3-4-8-15(17-2)11(16)9-10-6-5-7-14-12(10)13/h5-7H,3-4,8-9H2,1-2H3. The van der Waals surface area contributed by atoms with E-state index in [4.69, 9.17) is 16.4 Å². The normalized spacial score (nSPS) is 10.3. The molecule has 0 N–H and O–H groups in total. The largest absolute Gasteiger partial charge is 0.274 e. The molecule has 0 radical (unpaired) electrons. The van der Waals surface area contributed by atoms with Crippen LogP contribution < -0.4 is 0 Å². The van der Waals surface area contributed by atoms with Crippen molar-refractivity contribution in [2.75, 3.05) is 13.7 Å². The van der Waals surface area contributed by atoms with E-state index in [0.717, 1.165) is 18.4 Å². The van der Waals surface area contributed by atoms with Crippen LogP contribution in [0.15, 0.2) is 18.3 Å². The number of unbranched alkanes of at least 4 members (excludes halogenated alkanes) is 1. The van der Waals surface area contributed by atoms with Gasteiger partial charge in [-0.15, -0.1) is 0 Å². The van der Waals surface area contributed by atoms with Gasteiger partial charge in [0.05, 0.1) is 13.5 Å². The lowest BCUT2D eigenvalue weighted by Crippen LogP contribution is -2.32. The number of aromatic nitrogens is 1. The Balaban J connectivity index is 2.61. The summed E-state index contributed by atoms with van der Waals surface area (Å²) < 4.78 is 0. The van der Waals surface area contributed by atoms with Crippen molar-refractivity contribution in [1.82, 2.24) is 10.0 Å². The van der Waals surface area contributed by atoms with Gasteiger partial charge < -0.3 is 0 Å². The summed E-state index contributed by atoms with van der Waals surface area (Å²) >= 11 is 5.90. The minimum atomic E-state index is -0.101. The lowest BCUT2D eigenvalue weighted by molar-refractivity contribution is -0.175. The highest BCUT2D eigenvalue weighted by Gasteiger charge is 2.14. The lowest BCUT2D eigenvalue weighted by atomic mass is 10.2. The predicted molar refractivity (Wildman–Crippen MR) is 66.6 cm³/mol. The van der Waals surface area contributed by atoms with Crippen LogP contribution in [0.2, 0.25) is 5.15 Å². The van der Waals surface area contributed by atoms with Crippen molar-refractivity contribution in [2.24, 2.45) is 0 Å². The molecule has 0 aromatic carbocycles. The molecule has 1 amide bonds.